The van der Waals surface area contributed by atoms with Crippen LogP contribution in [0.2, 0.25) is 0 Å². The summed E-state index contributed by atoms with van der Waals surface area (Å²) in [6.07, 6.45) is 1.84. The van der Waals surface area contributed by atoms with E-state index in [1.54, 1.807) is 4.90 Å². The zero-order valence-corrected chi connectivity index (χ0v) is 10.6. The van der Waals surface area contributed by atoms with Gasteiger partial charge in [0.25, 0.3) is 5.91 Å². The first-order valence-electron chi connectivity index (χ1n) is 6.30. The second-order valence-corrected chi connectivity index (χ2v) is 4.67. The molecule has 0 aromatic heterocycles. The van der Waals surface area contributed by atoms with Gasteiger partial charge in [0.05, 0.1) is 12.6 Å². The minimum absolute atomic E-state index is 0.0291. The smallest absolute Gasteiger partial charge is 0.260 e. The lowest BCUT2D eigenvalue weighted by Crippen LogP contribution is -2.40. The van der Waals surface area contributed by atoms with Crippen molar-refractivity contribution in [3.05, 3.63) is 29.8 Å². The first kappa shape index (κ1) is 12.9. The molecule has 98 valence electrons. The summed E-state index contributed by atoms with van der Waals surface area (Å²) in [5, 5.41) is 9.17. The van der Waals surface area contributed by atoms with Gasteiger partial charge in [0.2, 0.25) is 0 Å². The van der Waals surface area contributed by atoms with E-state index in [2.05, 4.69) is 0 Å². The lowest BCUT2D eigenvalue weighted by Gasteiger charge is -2.22. The van der Waals surface area contributed by atoms with Gasteiger partial charge in [0.1, 0.15) is 5.75 Å². The second kappa shape index (κ2) is 5.87. The van der Waals surface area contributed by atoms with Crippen molar-refractivity contribution in [1.29, 1.82) is 0 Å². The number of amides is 1. The van der Waals surface area contributed by atoms with Gasteiger partial charge in [-0.2, -0.15) is 0 Å². The van der Waals surface area contributed by atoms with Crippen molar-refractivity contribution in [1.82, 2.24) is 4.90 Å². The molecule has 0 spiro atoms. The highest BCUT2D eigenvalue weighted by molar-refractivity contribution is 5.78. The predicted octanol–water partition coefficient (Wildman–Crippen LogP) is 1.36. The second-order valence-electron chi connectivity index (χ2n) is 4.67. The van der Waals surface area contributed by atoms with Crippen molar-refractivity contribution >= 4 is 5.91 Å². The van der Waals surface area contributed by atoms with Gasteiger partial charge in [-0.05, 0) is 37.5 Å². The van der Waals surface area contributed by atoms with Crippen molar-refractivity contribution in [2.24, 2.45) is 0 Å². The normalized spacial score (nSPS) is 19.0. The maximum Gasteiger partial charge on any atom is 0.260 e. The quantitative estimate of drug-likeness (QED) is 0.876. The Kier molecular flexibility index (Phi) is 4.20. The Bertz CT molecular complexity index is 419. The number of likely N-dealkylation sites (tertiary alicyclic amines) is 1. The number of benzene rings is 1. The van der Waals surface area contributed by atoms with Crippen molar-refractivity contribution < 1.29 is 14.6 Å². The predicted molar refractivity (Wildman–Crippen MR) is 68.5 cm³/mol. The van der Waals surface area contributed by atoms with Crippen LogP contribution in [0.3, 0.4) is 0 Å². The highest BCUT2D eigenvalue weighted by atomic mass is 16.5. The van der Waals surface area contributed by atoms with Crippen LogP contribution in [0.4, 0.5) is 0 Å². The van der Waals surface area contributed by atoms with Crippen LogP contribution in [0.15, 0.2) is 24.3 Å². The zero-order chi connectivity index (χ0) is 13.0. The summed E-state index contributed by atoms with van der Waals surface area (Å²) in [6.45, 7) is 2.79. The third-order valence-corrected chi connectivity index (χ3v) is 3.26. The van der Waals surface area contributed by atoms with Gasteiger partial charge in [0.15, 0.2) is 6.61 Å². The molecule has 1 aliphatic heterocycles. The number of aryl methyl sites for hydroxylation is 1. The van der Waals surface area contributed by atoms with Gasteiger partial charge in [0, 0.05) is 6.54 Å². The van der Waals surface area contributed by atoms with Crippen LogP contribution in [0, 0.1) is 6.92 Å². The van der Waals surface area contributed by atoms with E-state index in [4.69, 9.17) is 4.74 Å². The lowest BCUT2D eigenvalue weighted by atomic mass is 10.2. The average molecular weight is 249 g/mol. The Hall–Kier alpha value is -1.55. The first-order chi connectivity index (χ1) is 8.70. The van der Waals surface area contributed by atoms with Crippen LogP contribution in [0.5, 0.6) is 5.75 Å². The maximum atomic E-state index is 12.0. The number of hydrogen-bond donors (Lipinski definition) is 1. The molecule has 1 aliphatic rings. The third kappa shape index (κ3) is 3.01. The van der Waals surface area contributed by atoms with E-state index in [9.17, 15) is 9.90 Å². The fourth-order valence-corrected chi connectivity index (χ4v) is 2.29. The molecule has 4 heteroatoms. The summed E-state index contributed by atoms with van der Waals surface area (Å²) in [5.74, 6) is 0.663. The van der Waals surface area contributed by atoms with Crippen LogP contribution >= 0.6 is 0 Å². The van der Waals surface area contributed by atoms with Crippen LogP contribution in [0.1, 0.15) is 18.4 Å². The fourth-order valence-electron chi connectivity index (χ4n) is 2.29. The molecule has 2 rings (SSSR count). The monoisotopic (exact) mass is 249 g/mol. The standard InChI is InChI=1S/C14H19NO3/c1-11-4-2-6-13(8-11)18-10-14(17)15-7-3-5-12(15)9-16/h2,4,6,8,12,16H,3,5,7,9-10H2,1H3/t12-/m1/s1. The maximum absolute atomic E-state index is 12.0. The number of hydrogen-bond acceptors (Lipinski definition) is 3. The molecular formula is C14H19NO3. The van der Waals surface area contributed by atoms with Crippen molar-refractivity contribution in [3.8, 4) is 5.75 Å². The van der Waals surface area contributed by atoms with E-state index in [-0.39, 0.29) is 25.2 Å². The molecule has 1 N–H and O–H groups in total. The first-order valence-corrected chi connectivity index (χ1v) is 6.30. The molecule has 1 amide bonds. The molecule has 1 atom stereocenters. The Morgan fingerprint density at radius 3 is 3.11 bits per heavy atom. The van der Waals surface area contributed by atoms with Crippen LogP contribution in [-0.4, -0.2) is 41.7 Å². The number of nitrogens with zero attached hydrogens (tertiary/aromatic N) is 1. The minimum Gasteiger partial charge on any atom is -0.484 e. The summed E-state index contributed by atoms with van der Waals surface area (Å²) >= 11 is 0. The van der Waals surface area contributed by atoms with Gasteiger partial charge in [-0.15, -0.1) is 0 Å². The summed E-state index contributed by atoms with van der Waals surface area (Å²) in [4.78, 5) is 13.7. The van der Waals surface area contributed by atoms with Crippen LogP contribution < -0.4 is 4.74 Å². The molecule has 0 saturated carbocycles. The highest BCUT2D eigenvalue weighted by Crippen LogP contribution is 2.17. The molecule has 0 aliphatic carbocycles. The third-order valence-electron chi connectivity index (χ3n) is 3.26. The number of carbonyl (C=O) groups excluding carboxylic acids is 1. The van der Waals surface area contributed by atoms with Gasteiger partial charge in [-0.25, -0.2) is 0 Å². The summed E-state index contributed by atoms with van der Waals surface area (Å²) in [5.41, 5.74) is 1.11. The summed E-state index contributed by atoms with van der Waals surface area (Å²) in [6, 6.07) is 7.60. The summed E-state index contributed by atoms with van der Waals surface area (Å²) < 4.78 is 5.48. The van der Waals surface area contributed by atoms with E-state index >= 15 is 0 Å². The number of ether oxygens (including phenoxy) is 1. The zero-order valence-electron chi connectivity index (χ0n) is 10.6. The Balaban J connectivity index is 1.88. The van der Waals surface area contributed by atoms with Crippen LogP contribution in [0.25, 0.3) is 0 Å². The Labute approximate surface area is 107 Å². The number of carbonyl (C=O) groups is 1. The number of aliphatic hydroxyl groups excluding tert-OH is 1. The molecular weight excluding hydrogens is 230 g/mol. The average Bonchev–Trinajstić information content (AvgIpc) is 2.84. The molecule has 1 saturated heterocycles. The molecule has 18 heavy (non-hydrogen) atoms. The van der Waals surface area contributed by atoms with Gasteiger partial charge in [-0.3, -0.25) is 4.79 Å². The van der Waals surface area contributed by atoms with E-state index in [0.717, 1.165) is 24.9 Å². The largest absolute Gasteiger partial charge is 0.484 e. The molecule has 0 radical (unpaired) electrons. The van der Waals surface area contributed by atoms with Gasteiger partial charge < -0.3 is 14.7 Å². The Morgan fingerprint density at radius 2 is 2.39 bits per heavy atom. The number of aliphatic hydroxyl groups is 1. The van der Waals surface area contributed by atoms with Crippen molar-refractivity contribution in [2.75, 3.05) is 19.8 Å². The molecule has 0 bridgehead atoms. The molecule has 1 aromatic carbocycles. The summed E-state index contributed by atoms with van der Waals surface area (Å²) in [7, 11) is 0. The van der Waals surface area contributed by atoms with E-state index < -0.39 is 0 Å². The Morgan fingerprint density at radius 1 is 1.56 bits per heavy atom. The fraction of sp³-hybridized carbons (Fsp3) is 0.500. The van der Waals surface area contributed by atoms with E-state index in [1.807, 2.05) is 31.2 Å². The van der Waals surface area contributed by atoms with Gasteiger partial charge >= 0.3 is 0 Å². The van der Waals surface area contributed by atoms with Crippen LogP contribution in [-0.2, 0) is 4.79 Å². The molecule has 1 aromatic rings. The van der Waals surface area contributed by atoms with Crippen molar-refractivity contribution in [2.45, 2.75) is 25.8 Å². The topological polar surface area (TPSA) is 49.8 Å². The number of rotatable bonds is 4. The van der Waals surface area contributed by atoms with Gasteiger partial charge in [-0.1, -0.05) is 12.1 Å². The van der Waals surface area contributed by atoms with E-state index in [1.165, 1.54) is 0 Å². The molecule has 1 heterocycles. The SMILES string of the molecule is Cc1cccc(OCC(=O)N2CCC[C@@H]2CO)c1. The molecule has 4 nitrogen and oxygen atoms in total. The molecule has 0 unspecified atom stereocenters. The lowest BCUT2D eigenvalue weighted by molar-refractivity contribution is -0.134. The minimum atomic E-state index is -0.0481. The van der Waals surface area contributed by atoms with E-state index in [0.29, 0.717) is 5.75 Å². The van der Waals surface area contributed by atoms with Crippen molar-refractivity contribution in [3.63, 3.8) is 0 Å². The highest BCUT2D eigenvalue weighted by Gasteiger charge is 2.27. The molecule has 1 fully saturated rings.